The van der Waals surface area contributed by atoms with Crippen molar-refractivity contribution in [3.05, 3.63) is 95.1 Å². The lowest BCUT2D eigenvalue weighted by atomic mass is 9.99. The number of carbonyl (C=O) groups excluding carboxylic acids is 2. The summed E-state index contributed by atoms with van der Waals surface area (Å²) in [6.45, 7) is 2.05. The third-order valence-electron chi connectivity index (χ3n) is 7.17. The molecule has 0 saturated carbocycles. The zero-order valence-corrected chi connectivity index (χ0v) is 25.9. The zero-order valence-electron chi connectivity index (χ0n) is 25.1. The molecule has 236 valence electrons. The molecule has 1 aromatic heterocycles. The number of carbonyl (C=O) groups is 2. The first-order chi connectivity index (χ1) is 21.9. The molecule has 12 nitrogen and oxygen atoms in total. The van der Waals surface area contributed by atoms with Gasteiger partial charge in [0.1, 0.15) is 6.54 Å². The van der Waals surface area contributed by atoms with Crippen molar-refractivity contribution in [1.29, 1.82) is 0 Å². The third kappa shape index (κ3) is 8.88. The molecule has 3 aromatic carbocycles. The number of aliphatic hydroxyl groups is 1. The zero-order chi connectivity index (χ0) is 31.6. The Morgan fingerprint density at radius 1 is 1.00 bits per heavy atom. The van der Waals surface area contributed by atoms with E-state index < -0.39 is 18.3 Å². The minimum Gasteiger partial charge on any atom is -0.465 e. The minimum absolute atomic E-state index is 0.0186. The van der Waals surface area contributed by atoms with Crippen LogP contribution in [0.5, 0.6) is 0 Å². The number of hydrogen-bond donors (Lipinski definition) is 3. The van der Waals surface area contributed by atoms with Gasteiger partial charge in [0.15, 0.2) is 6.29 Å². The fraction of sp³-hybridized carbons (Fsp3) is 0.344. The first-order valence-electron chi connectivity index (χ1n) is 14.6. The normalized spacial score (nSPS) is 17.9. The molecule has 45 heavy (non-hydrogen) atoms. The molecular formula is C32H36N6O6S. The predicted molar refractivity (Wildman–Crippen MR) is 167 cm³/mol. The standard InChI is InChI=1S/C32H36N6O6S/c1-3-42-29(40)18-34-31(41)33-17-22-6-4-7-24(14-22)25-8-5-9-26(15-25)30-43-27(20-45-32-35-36-37-38(32)2)16-28(44-30)23-12-10-21(19-39)11-13-23/h4-15,27-28,30,39H,3,16-20H2,1-2H3,(H2,33,34,41)/t27-,28+,30+/m0/s1. The molecule has 13 heteroatoms. The van der Waals surface area contributed by atoms with E-state index in [0.29, 0.717) is 17.3 Å². The Labute approximate surface area is 265 Å². The minimum atomic E-state index is -0.614. The van der Waals surface area contributed by atoms with E-state index in [2.05, 4.69) is 32.2 Å². The van der Waals surface area contributed by atoms with Gasteiger partial charge in [0.25, 0.3) is 0 Å². The number of rotatable bonds is 12. The van der Waals surface area contributed by atoms with Crippen LogP contribution in [0, 0.1) is 0 Å². The van der Waals surface area contributed by atoms with Crippen molar-refractivity contribution in [2.24, 2.45) is 7.05 Å². The molecule has 1 aliphatic heterocycles. The van der Waals surface area contributed by atoms with Crippen molar-refractivity contribution in [3.8, 4) is 11.1 Å². The second kappa shape index (κ2) is 15.6. The van der Waals surface area contributed by atoms with E-state index in [1.807, 2.05) is 66.7 Å². The molecule has 1 saturated heterocycles. The number of nitrogens with one attached hydrogen (secondary N) is 2. The van der Waals surface area contributed by atoms with Crippen molar-refractivity contribution in [3.63, 3.8) is 0 Å². The number of aromatic nitrogens is 4. The van der Waals surface area contributed by atoms with Gasteiger partial charge in [0.2, 0.25) is 5.16 Å². The molecule has 1 aliphatic rings. The van der Waals surface area contributed by atoms with E-state index in [-0.39, 0.29) is 38.5 Å². The summed E-state index contributed by atoms with van der Waals surface area (Å²) in [5.74, 6) is 0.153. The van der Waals surface area contributed by atoms with Crippen molar-refractivity contribution >= 4 is 23.8 Å². The monoisotopic (exact) mass is 632 g/mol. The summed E-state index contributed by atoms with van der Waals surface area (Å²) >= 11 is 1.53. The van der Waals surface area contributed by atoms with Gasteiger partial charge >= 0.3 is 12.0 Å². The van der Waals surface area contributed by atoms with E-state index in [1.165, 1.54) is 11.8 Å². The molecule has 0 aliphatic carbocycles. The van der Waals surface area contributed by atoms with Gasteiger partial charge in [0.05, 0.1) is 25.4 Å². The number of tetrazole rings is 1. The van der Waals surface area contributed by atoms with Gasteiger partial charge in [-0.2, -0.15) is 0 Å². The number of esters is 1. The second-order valence-corrected chi connectivity index (χ2v) is 11.4. The largest absolute Gasteiger partial charge is 0.465 e. The molecule has 2 heterocycles. The molecule has 0 unspecified atom stereocenters. The van der Waals surface area contributed by atoms with Crippen LogP contribution in [0.3, 0.4) is 0 Å². The molecule has 4 aromatic rings. The summed E-state index contributed by atoms with van der Waals surface area (Å²) < 4.78 is 19.5. The molecule has 5 rings (SSSR count). The van der Waals surface area contributed by atoms with Crippen LogP contribution in [0.1, 0.15) is 48.0 Å². The number of nitrogens with zero attached hydrogens (tertiary/aromatic N) is 4. The molecule has 0 radical (unpaired) electrons. The summed E-state index contributed by atoms with van der Waals surface area (Å²) in [6, 6.07) is 23.2. The van der Waals surface area contributed by atoms with E-state index in [1.54, 1.807) is 18.7 Å². The van der Waals surface area contributed by atoms with Crippen LogP contribution >= 0.6 is 11.8 Å². The van der Waals surface area contributed by atoms with E-state index in [4.69, 9.17) is 14.2 Å². The average Bonchev–Trinajstić information content (AvgIpc) is 3.50. The lowest BCUT2D eigenvalue weighted by molar-refractivity contribution is -0.245. The number of hydrogen-bond acceptors (Lipinski definition) is 10. The predicted octanol–water partition coefficient (Wildman–Crippen LogP) is 4.07. The highest BCUT2D eigenvalue weighted by molar-refractivity contribution is 7.99. The number of ether oxygens (including phenoxy) is 3. The maximum atomic E-state index is 12.1. The van der Waals surface area contributed by atoms with Crippen LogP contribution in [-0.2, 0) is 39.2 Å². The fourth-order valence-electron chi connectivity index (χ4n) is 4.87. The Kier molecular flexibility index (Phi) is 11.1. The Bertz CT molecular complexity index is 1580. The van der Waals surface area contributed by atoms with Gasteiger partial charge in [0, 0.05) is 31.3 Å². The first-order valence-corrected chi connectivity index (χ1v) is 15.6. The van der Waals surface area contributed by atoms with Crippen molar-refractivity contribution in [1.82, 2.24) is 30.8 Å². The quantitative estimate of drug-likeness (QED) is 0.154. The van der Waals surface area contributed by atoms with Crippen molar-refractivity contribution < 1.29 is 28.9 Å². The van der Waals surface area contributed by atoms with Crippen LogP contribution in [0.2, 0.25) is 0 Å². The number of urea groups is 1. The molecular weight excluding hydrogens is 596 g/mol. The van der Waals surface area contributed by atoms with Crippen molar-refractivity contribution in [2.75, 3.05) is 18.9 Å². The number of amides is 2. The Morgan fingerprint density at radius 2 is 1.78 bits per heavy atom. The summed E-state index contributed by atoms with van der Waals surface area (Å²) in [4.78, 5) is 23.6. The van der Waals surface area contributed by atoms with Crippen molar-refractivity contribution in [2.45, 2.75) is 50.2 Å². The number of benzene rings is 3. The fourth-order valence-corrected chi connectivity index (χ4v) is 5.74. The Balaban J connectivity index is 1.29. The molecule has 0 spiro atoms. The second-order valence-electron chi connectivity index (χ2n) is 10.4. The van der Waals surface area contributed by atoms with Crippen LogP contribution in [0.15, 0.2) is 78.0 Å². The Hall–Kier alpha value is -4.30. The van der Waals surface area contributed by atoms with Gasteiger partial charge in [-0.1, -0.05) is 72.4 Å². The van der Waals surface area contributed by atoms with Crippen LogP contribution in [0.25, 0.3) is 11.1 Å². The van der Waals surface area contributed by atoms with E-state index >= 15 is 0 Å². The number of thioether (sulfide) groups is 1. The maximum Gasteiger partial charge on any atom is 0.325 e. The summed E-state index contributed by atoms with van der Waals surface area (Å²) in [6.07, 6.45) is -0.318. The highest BCUT2D eigenvalue weighted by atomic mass is 32.2. The van der Waals surface area contributed by atoms with E-state index in [0.717, 1.165) is 33.4 Å². The molecule has 1 fully saturated rings. The van der Waals surface area contributed by atoms with Gasteiger partial charge in [-0.15, -0.1) is 5.10 Å². The molecule has 3 atom stereocenters. The average molecular weight is 633 g/mol. The number of aliphatic hydroxyl groups excluding tert-OH is 1. The van der Waals surface area contributed by atoms with Gasteiger partial charge in [-0.3, -0.25) is 4.79 Å². The van der Waals surface area contributed by atoms with Gasteiger partial charge in [-0.05, 0) is 57.3 Å². The Morgan fingerprint density at radius 3 is 2.51 bits per heavy atom. The smallest absolute Gasteiger partial charge is 0.325 e. The highest BCUT2D eigenvalue weighted by Gasteiger charge is 2.32. The highest BCUT2D eigenvalue weighted by Crippen LogP contribution is 2.40. The first kappa shape index (κ1) is 32.1. The van der Waals surface area contributed by atoms with Crippen LogP contribution in [-0.4, -0.2) is 62.3 Å². The van der Waals surface area contributed by atoms with Crippen LogP contribution < -0.4 is 10.6 Å². The van der Waals surface area contributed by atoms with Crippen LogP contribution in [0.4, 0.5) is 4.79 Å². The molecule has 3 N–H and O–H groups in total. The topological polar surface area (TPSA) is 150 Å². The molecule has 0 bridgehead atoms. The maximum absolute atomic E-state index is 12.1. The van der Waals surface area contributed by atoms with Gasteiger partial charge in [-0.25, -0.2) is 9.48 Å². The summed E-state index contributed by atoms with van der Waals surface area (Å²) in [5.41, 5.74) is 5.57. The summed E-state index contributed by atoms with van der Waals surface area (Å²) in [7, 11) is 1.80. The van der Waals surface area contributed by atoms with Gasteiger partial charge < -0.3 is 30.0 Å². The molecule has 2 amide bonds. The number of aryl methyl sites for hydroxylation is 1. The summed E-state index contributed by atoms with van der Waals surface area (Å²) in [5, 5.41) is 27.2. The third-order valence-corrected chi connectivity index (χ3v) is 8.31. The SMILES string of the molecule is CCOC(=O)CNC(=O)NCc1cccc(-c2cccc([C@@H]3O[C@H](CSc4nnnn4C)C[C@H](c4ccc(CO)cc4)O3)c2)c1. The lowest BCUT2D eigenvalue weighted by Gasteiger charge is -2.36. The lowest BCUT2D eigenvalue weighted by Crippen LogP contribution is -2.38. The van der Waals surface area contributed by atoms with E-state index in [9.17, 15) is 14.7 Å².